The number of amides is 3. The van der Waals surface area contributed by atoms with E-state index in [0.29, 0.717) is 43.8 Å². The third-order valence-electron chi connectivity index (χ3n) is 7.00. The van der Waals surface area contributed by atoms with Crippen molar-refractivity contribution in [3.63, 3.8) is 0 Å². The highest BCUT2D eigenvalue weighted by Crippen LogP contribution is 2.31. The van der Waals surface area contributed by atoms with Crippen LogP contribution in [0.2, 0.25) is 0 Å². The zero-order valence-electron chi connectivity index (χ0n) is 22.5. The Morgan fingerprint density at radius 2 is 1.66 bits per heavy atom. The Hall–Kier alpha value is -3.71. The van der Waals surface area contributed by atoms with Crippen LogP contribution in [0.3, 0.4) is 0 Å². The van der Waals surface area contributed by atoms with Crippen LogP contribution in [0, 0.1) is 5.92 Å². The van der Waals surface area contributed by atoms with Crippen molar-refractivity contribution in [3.05, 3.63) is 90.3 Å². The van der Waals surface area contributed by atoms with E-state index < -0.39 is 27.9 Å². The van der Waals surface area contributed by atoms with E-state index in [0.717, 1.165) is 9.87 Å². The third kappa shape index (κ3) is 7.94. The van der Waals surface area contributed by atoms with Crippen molar-refractivity contribution in [2.24, 2.45) is 5.92 Å². The summed E-state index contributed by atoms with van der Waals surface area (Å²) >= 11 is 0. The minimum absolute atomic E-state index is 0. The fraction of sp³-hybridized carbons (Fsp3) is 0.321. The van der Waals surface area contributed by atoms with E-state index in [2.05, 4.69) is 10.3 Å². The summed E-state index contributed by atoms with van der Waals surface area (Å²) in [6.07, 6.45) is 3.81. The molecular formula is C28H34ClN5O6S. The zero-order chi connectivity index (χ0) is 28.5. The van der Waals surface area contributed by atoms with Crippen molar-refractivity contribution in [1.82, 2.24) is 25.0 Å². The lowest BCUT2D eigenvalue weighted by molar-refractivity contribution is -0.135. The number of carbonyl (C=O) groups is 2. The Balaban J connectivity index is 0.00000462. The van der Waals surface area contributed by atoms with E-state index >= 15 is 0 Å². The molecule has 0 unspecified atom stereocenters. The summed E-state index contributed by atoms with van der Waals surface area (Å²) in [5.74, 6) is -0.805. The lowest BCUT2D eigenvalue weighted by atomic mass is 9.88. The zero-order valence-corrected chi connectivity index (χ0v) is 24.2. The summed E-state index contributed by atoms with van der Waals surface area (Å²) in [4.78, 5) is 31.5. The number of hydroxylamine groups is 1. The first-order valence-electron chi connectivity index (χ1n) is 12.9. The topological polar surface area (TPSA) is 141 Å². The normalized spacial score (nSPS) is 14.6. The number of likely N-dealkylation sites (tertiary alicyclic amines) is 1. The number of rotatable bonds is 10. The highest BCUT2D eigenvalue weighted by atomic mass is 35.5. The van der Waals surface area contributed by atoms with E-state index in [-0.39, 0.29) is 29.9 Å². The van der Waals surface area contributed by atoms with Crippen LogP contribution in [0.5, 0.6) is 5.75 Å². The Kier molecular flexibility index (Phi) is 11.5. The van der Waals surface area contributed by atoms with E-state index in [4.69, 9.17) is 4.74 Å². The first kappa shape index (κ1) is 31.8. The number of sulfonamides is 1. The number of urea groups is 1. The molecule has 1 aliphatic rings. The van der Waals surface area contributed by atoms with Gasteiger partial charge in [-0.15, -0.1) is 12.4 Å². The van der Waals surface area contributed by atoms with Gasteiger partial charge >= 0.3 is 6.03 Å². The van der Waals surface area contributed by atoms with Crippen molar-refractivity contribution in [2.45, 2.75) is 36.9 Å². The molecular weight excluding hydrogens is 570 g/mol. The molecule has 0 bridgehead atoms. The Bertz CT molecular complexity index is 1370. The summed E-state index contributed by atoms with van der Waals surface area (Å²) in [6, 6.07) is 17.3. The number of pyridine rings is 1. The molecule has 11 nitrogen and oxygen atoms in total. The lowest BCUT2D eigenvalue weighted by Gasteiger charge is -2.39. The molecule has 3 aromatic rings. The SMILES string of the molecule is COc1ccc(S(=O)(=O)N(Cc2ccncc2)[C@@H](C(=O)NO)C2CCN(C(=O)NCc3ccccc3)CC2)cc1.Cl. The maximum absolute atomic E-state index is 14.0. The highest BCUT2D eigenvalue weighted by molar-refractivity contribution is 7.89. The molecule has 1 aromatic heterocycles. The lowest BCUT2D eigenvalue weighted by Crippen LogP contribution is -2.55. The van der Waals surface area contributed by atoms with Gasteiger partial charge in [0.15, 0.2) is 0 Å². The maximum Gasteiger partial charge on any atom is 0.317 e. The van der Waals surface area contributed by atoms with Crippen LogP contribution in [-0.2, 0) is 27.9 Å². The van der Waals surface area contributed by atoms with Gasteiger partial charge in [0.2, 0.25) is 10.0 Å². The van der Waals surface area contributed by atoms with Gasteiger partial charge in [-0.3, -0.25) is 15.0 Å². The van der Waals surface area contributed by atoms with E-state index in [1.165, 1.54) is 31.4 Å². The first-order valence-corrected chi connectivity index (χ1v) is 14.3. The molecule has 3 amide bonds. The monoisotopic (exact) mass is 603 g/mol. The van der Waals surface area contributed by atoms with Gasteiger partial charge in [0.05, 0.1) is 12.0 Å². The van der Waals surface area contributed by atoms with E-state index in [9.17, 15) is 23.2 Å². The first-order chi connectivity index (χ1) is 19.3. The Labute approximate surface area is 245 Å². The van der Waals surface area contributed by atoms with Crippen molar-refractivity contribution in [2.75, 3.05) is 20.2 Å². The van der Waals surface area contributed by atoms with Gasteiger partial charge in [-0.2, -0.15) is 4.31 Å². The molecule has 0 spiro atoms. The van der Waals surface area contributed by atoms with Crippen molar-refractivity contribution >= 4 is 34.4 Å². The fourth-order valence-electron chi connectivity index (χ4n) is 4.83. The van der Waals surface area contributed by atoms with Gasteiger partial charge in [-0.25, -0.2) is 18.7 Å². The molecule has 1 fully saturated rings. The number of nitrogens with one attached hydrogen (secondary N) is 2. The fourth-order valence-corrected chi connectivity index (χ4v) is 6.47. The predicted octanol–water partition coefficient (Wildman–Crippen LogP) is 3.20. The molecule has 0 aliphatic carbocycles. The number of aromatic nitrogens is 1. The molecule has 0 saturated carbocycles. The number of benzene rings is 2. The summed E-state index contributed by atoms with van der Waals surface area (Å²) in [7, 11) is -2.72. The largest absolute Gasteiger partial charge is 0.497 e. The molecule has 13 heteroatoms. The number of hydrogen-bond donors (Lipinski definition) is 3. The highest BCUT2D eigenvalue weighted by Gasteiger charge is 2.42. The summed E-state index contributed by atoms with van der Waals surface area (Å²) < 4.78 is 34.2. The number of nitrogens with zero attached hydrogens (tertiary/aromatic N) is 3. The number of halogens is 1. The second-order valence-electron chi connectivity index (χ2n) is 9.47. The van der Waals surface area contributed by atoms with Crippen LogP contribution in [0.1, 0.15) is 24.0 Å². The minimum Gasteiger partial charge on any atom is -0.497 e. The number of hydrogen-bond acceptors (Lipinski definition) is 7. The van der Waals surface area contributed by atoms with Crippen LogP contribution in [-0.4, -0.2) is 66.0 Å². The molecule has 4 rings (SSSR count). The van der Waals surface area contributed by atoms with E-state index in [1.807, 2.05) is 30.3 Å². The van der Waals surface area contributed by atoms with Gasteiger partial charge in [-0.05, 0) is 66.3 Å². The average molecular weight is 604 g/mol. The van der Waals surface area contributed by atoms with Crippen LogP contribution in [0.15, 0.2) is 84.0 Å². The molecule has 3 N–H and O–H groups in total. The quantitative estimate of drug-likeness (QED) is 0.239. The predicted molar refractivity (Wildman–Crippen MR) is 154 cm³/mol. The van der Waals surface area contributed by atoms with Gasteiger partial charge < -0.3 is 15.0 Å². The third-order valence-corrected chi connectivity index (χ3v) is 8.84. The second-order valence-corrected chi connectivity index (χ2v) is 11.4. The summed E-state index contributed by atoms with van der Waals surface area (Å²) in [6.45, 7) is 0.917. The number of ether oxygens (including phenoxy) is 1. The molecule has 1 atom stereocenters. The van der Waals surface area contributed by atoms with Gasteiger partial charge in [-0.1, -0.05) is 30.3 Å². The van der Waals surface area contributed by atoms with Crippen molar-refractivity contribution in [1.29, 1.82) is 0 Å². The van der Waals surface area contributed by atoms with Crippen molar-refractivity contribution in [3.8, 4) is 5.75 Å². The molecule has 1 saturated heterocycles. The standard InChI is InChI=1S/C28H33N5O6S.ClH/c1-39-24-7-9-25(10-8-24)40(37,38)33(20-22-11-15-29-16-12-22)26(27(34)31-36)23-13-17-32(18-14-23)28(35)30-19-21-5-3-2-4-6-21;/h2-12,15-16,23,26,36H,13-14,17-20H2,1H3,(H,30,35)(H,31,34);1H/t26-;/m1./s1. The van der Waals surface area contributed by atoms with Gasteiger partial charge in [0.1, 0.15) is 11.8 Å². The molecule has 0 radical (unpaired) electrons. The Morgan fingerprint density at radius 3 is 2.24 bits per heavy atom. The molecule has 1 aliphatic heterocycles. The number of carbonyl (C=O) groups excluding carboxylic acids is 2. The van der Waals surface area contributed by atoms with Gasteiger partial charge in [0, 0.05) is 38.6 Å². The van der Waals surface area contributed by atoms with Crippen LogP contribution < -0.4 is 15.5 Å². The summed E-state index contributed by atoms with van der Waals surface area (Å²) in [5.41, 5.74) is 3.27. The second kappa shape index (κ2) is 14.8. The number of methoxy groups -OCH3 is 1. The smallest absolute Gasteiger partial charge is 0.317 e. The molecule has 41 heavy (non-hydrogen) atoms. The minimum atomic E-state index is -4.20. The van der Waals surface area contributed by atoms with Crippen LogP contribution in [0.25, 0.3) is 0 Å². The van der Waals surface area contributed by atoms with Crippen molar-refractivity contribution < 1.29 is 28.0 Å². The number of piperidine rings is 1. The Morgan fingerprint density at radius 1 is 1.02 bits per heavy atom. The summed E-state index contributed by atoms with van der Waals surface area (Å²) in [5, 5.41) is 12.6. The molecule has 2 aromatic carbocycles. The van der Waals surface area contributed by atoms with Crippen LogP contribution in [0.4, 0.5) is 4.79 Å². The molecule has 2 heterocycles. The van der Waals surface area contributed by atoms with Gasteiger partial charge in [0.25, 0.3) is 5.91 Å². The maximum atomic E-state index is 14.0. The van der Waals surface area contributed by atoms with Crippen LogP contribution >= 0.6 is 12.4 Å². The van der Waals surface area contributed by atoms with E-state index in [1.54, 1.807) is 34.9 Å². The molecule has 220 valence electrons. The average Bonchev–Trinajstić information content (AvgIpc) is 3.00.